The summed E-state index contributed by atoms with van der Waals surface area (Å²) in [6.45, 7) is 7.94. The van der Waals surface area contributed by atoms with Crippen molar-refractivity contribution in [3.8, 4) is 0 Å². The third-order valence-corrected chi connectivity index (χ3v) is 4.87. The molecule has 1 aliphatic carbocycles. The molecular weight excluding hydrogens is 232 g/mol. The Bertz CT molecular complexity index is 457. The molecule has 3 unspecified atom stereocenters. The molecule has 2 nitrogen and oxygen atoms in total. The molecule has 1 aromatic carbocycles. The molecule has 19 heavy (non-hydrogen) atoms. The summed E-state index contributed by atoms with van der Waals surface area (Å²) in [6.07, 6.45) is 2.70. The molecule has 1 heterocycles. The van der Waals surface area contributed by atoms with E-state index in [-0.39, 0.29) is 11.5 Å². The third-order valence-electron chi connectivity index (χ3n) is 4.87. The maximum atomic E-state index is 6.57. The van der Waals surface area contributed by atoms with Gasteiger partial charge in [-0.15, -0.1) is 0 Å². The molecule has 104 valence electrons. The van der Waals surface area contributed by atoms with Gasteiger partial charge in [-0.1, -0.05) is 45.0 Å². The minimum Gasteiger partial charge on any atom is -0.326 e. The van der Waals surface area contributed by atoms with Crippen LogP contribution in [0.15, 0.2) is 24.3 Å². The monoisotopic (exact) mass is 258 g/mol. The lowest BCUT2D eigenvalue weighted by atomic mass is 9.76. The molecule has 0 amide bonds. The van der Waals surface area contributed by atoms with Crippen LogP contribution in [-0.2, 0) is 0 Å². The van der Waals surface area contributed by atoms with Crippen LogP contribution in [0.3, 0.4) is 0 Å². The summed E-state index contributed by atoms with van der Waals surface area (Å²) in [5.74, 6) is 1.34. The molecule has 1 saturated heterocycles. The van der Waals surface area contributed by atoms with Crippen LogP contribution < -0.4 is 11.1 Å². The van der Waals surface area contributed by atoms with Crippen molar-refractivity contribution in [1.29, 1.82) is 0 Å². The highest BCUT2D eigenvalue weighted by molar-refractivity contribution is 5.37. The fourth-order valence-electron chi connectivity index (χ4n) is 3.52. The van der Waals surface area contributed by atoms with Crippen LogP contribution in [0.2, 0.25) is 0 Å². The van der Waals surface area contributed by atoms with Crippen molar-refractivity contribution < 1.29 is 0 Å². The van der Waals surface area contributed by atoms with E-state index in [1.54, 1.807) is 0 Å². The molecule has 0 spiro atoms. The molecule has 0 bridgehead atoms. The van der Waals surface area contributed by atoms with Crippen molar-refractivity contribution in [3.05, 3.63) is 35.4 Å². The largest absolute Gasteiger partial charge is 0.326 e. The fourth-order valence-corrected chi connectivity index (χ4v) is 3.52. The number of nitrogens with two attached hydrogens (primary N) is 1. The molecule has 3 atom stereocenters. The zero-order chi connectivity index (χ0) is 13.6. The van der Waals surface area contributed by atoms with Gasteiger partial charge in [0.05, 0.1) is 0 Å². The topological polar surface area (TPSA) is 38.0 Å². The van der Waals surface area contributed by atoms with Gasteiger partial charge in [0.25, 0.3) is 0 Å². The van der Waals surface area contributed by atoms with Crippen LogP contribution in [0.4, 0.5) is 0 Å². The van der Waals surface area contributed by atoms with Gasteiger partial charge >= 0.3 is 0 Å². The first-order valence-electron chi connectivity index (χ1n) is 7.56. The van der Waals surface area contributed by atoms with Crippen LogP contribution in [0.1, 0.15) is 56.7 Å². The SMILES string of the molecule is CC(C)(C)C1CNC(c2ccccc2C2CC2)C1N. The summed E-state index contributed by atoms with van der Waals surface area (Å²) < 4.78 is 0. The lowest BCUT2D eigenvalue weighted by molar-refractivity contribution is 0.233. The van der Waals surface area contributed by atoms with Crippen molar-refractivity contribution in [1.82, 2.24) is 5.32 Å². The maximum Gasteiger partial charge on any atom is 0.0480 e. The highest BCUT2D eigenvalue weighted by Crippen LogP contribution is 2.45. The second-order valence-electron chi connectivity index (χ2n) is 7.34. The van der Waals surface area contributed by atoms with Crippen LogP contribution in [-0.4, -0.2) is 12.6 Å². The molecule has 0 aromatic heterocycles. The second kappa shape index (κ2) is 4.60. The van der Waals surface area contributed by atoms with E-state index in [9.17, 15) is 0 Å². The standard InChI is InChI=1S/C17H26N2/c1-17(2,3)14-10-19-16(15(14)18)13-7-5-4-6-12(13)11-8-9-11/h4-7,11,14-16,19H,8-10,18H2,1-3H3. The lowest BCUT2D eigenvalue weighted by Crippen LogP contribution is -2.38. The van der Waals surface area contributed by atoms with Gasteiger partial charge in [0.2, 0.25) is 0 Å². The van der Waals surface area contributed by atoms with Crippen LogP contribution in [0.25, 0.3) is 0 Å². The van der Waals surface area contributed by atoms with Crippen LogP contribution in [0, 0.1) is 11.3 Å². The summed E-state index contributed by atoms with van der Waals surface area (Å²) in [5, 5.41) is 3.68. The van der Waals surface area contributed by atoms with Gasteiger partial charge in [0.15, 0.2) is 0 Å². The molecule has 2 heteroatoms. The zero-order valence-electron chi connectivity index (χ0n) is 12.3. The predicted molar refractivity (Wildman–Crippen MR) is 80.1 cm³/mol. The molecule has 3 rings (SSSR count). The summed E-state index contributed by atoms with van der Waals surface area (Å²) in [4.78, 5) is 0. The van der Waals surface area contributed by atoms with E-state index in [4.69, 9.17) is 5.73 Å². The Hall–Kier alpha value is -0.860. The summed E-state index contributed by atoms with van der Waals surface area (Å²) in [6, 6.07) is 9.45. The Morgan fingerprint density at radius 3 is 2.26 bits per heavy atom. The van der Waals surface area contributed by atoms with Crippen molar-refractivity contribution in [3.63, 3.8) is 0 Å². The lowest BCUT2D eigenvalue weighted by Gasteiger charge is -2.31. The Morgan fingerprint density at radius 2 is 1.74 bits per heavy atom. The number of nitrogens with one attached hydrogen (secondary N) is 1. The van der Waals surface area contributed by atoms with E-state index in [2.05, 4.69) is 50.4 Å². The Morgan fingerprint density at radius 1 is 1.11 bits per heavy atom. The second-order valence-corrected chi connectivity index (χ2v) is 7.34. The van der Waals surface area contributed by atoms with Crippen molar-refractivity contribution in [2.45, 2.75) is 51.6 Å². The first-order chi connectivity index (χ1) is 8.98. The normalized spacial score (nSPS) is 31.7. The first-order valence-corrected chi connectivity index (χ1v) is 7.56. The first kappa shape index (κ1) is 13.1. The van der Waals surface area contributed by atoms with E-state index in [1.165, 1.54) is 24.0 Å². The molecule has 3 N–H and O–H groups in total. The third kappa shape index (κ3) is 2.44. The van der Waals surface area contributed by atoms with Crippen molar-refractivity contribution >= 4 is 0 Å². The minimum atomic E-state index is 0.222. The Kier molecular flexibility index (Phi) is 3.18. The quantitative estimate of drug-likeness (QED) is 0.855. The van der Waals surface area contributed by atoms with E-state index in [1.807, 2.05) is 0 Å². The highest BCUT2D eigenvalue weighted by Gasteiger charge is 2.41. The van der Waals surface area contributed by atoms with E-state index in [0.717, 1.165) is 12.5 Å². The molecule has 1 saturated carbocycles. The summed E-state index contributed by atoms with van der Waals surface area (Å²) in [5.41, 5.74) is 9.82. The van der Waals surface area contributed by atoms with Gasteiger partial charge in [-0.3, -0.25) is 0 Å². The van der Waals surface area contributed by atoms with E-state index >= 15 is 0 Å². The van der Waals surface area contributed by atoms with Gasteiger partial charge in [0.1, 0.15) is 0 Å². The Balaban J connectivity index is 1.88. The smallest absolute Gasteiger partial charge is 0.0480 e. The summed E-state index contributed by atoms with van der Waals surface area (Å²) >= 11 is 0. The van der Waals surface area contributed by atoms with Crippen LogP contribution >= 0.6 is 0 Å². The fraction of sp³-hybridized carbons (Fsp3) is 0.647. The highest BCUT2D eigenvalue weighted by atomic mass is 15.0. The van der Waals surface area contributed by atoms with Crippen molar-refractivity contribution in [2.75, 3.05) is 6.54 Å². The molecule has 2 fully saturated rings. The number of hydrogen-bond acceptors (Lipinski definition) is 2. The molecule has 2 aliphatic rings. The molecular formula is C17H26N2. The van der Waals surface area contributed by atoms with Gasteiger partial charge in [0, 0.05) is 18.6 Å². The molecule has 0 radical (unpaired) electrons. The van der Waals surface area contributed by atoms with Crippen molar-refractivity contribution in [2.24, 2.45) is 17.1 Å². The van der Waals surface area contributed by atoms with Gasteiger partial charge in [-0.2, -0.15) is 0 Å². The Labute approximate surface area is 116 Å². The zero-order valence-corrected chi connectivity index (χ0v) is 12.3. The minimum absolute atomic E-state index is 0.222. The van der Waals surface area contributed by atoms with Gasteiger partial charge in [-0.05, 0) is 41.2 Å². The van der Waals surface area contributed by atoms with Gasteiger partial charge < -0.3 is 11.1 Å². The average Bonchev–Trinajstić information content (AvgIpc) is 3.11. The van der Waals surface area contributed by atoms with E-state index in [0.29, 0.717) is 12.0 Å². The number of benzene rings is 1. The molecule has 1 aliphatic heterocycles. The van der Waals surface area contributed by atoms with Crippen LogP contribution in [0.5, 0.6) is 0 Å². The average molecular weight is 258 g/mol. The number of hydrogen-bond donors (Lipinski definition) is 2. The van der Waals surface area contributed by atoms with Gasteiger partial charge in [-0.25, -0.2) is 0 Å². The van der Waals surface area contributed by atoms with E-state index < -0.39 is 0 Å². The predicted octanol–water partition coefficient (Wildman–Crippen LogP) is 3.20. The number of rotatable bonds is 2. The summed E-state index contributed by atoms with van der Waals surface area (Å²) in [7, 11) is 0. The molecule has 1 aromatic rings. The maximum absolute atomic E-state index is 6.57.